The third-order valence-electron chi connectivity index (χ3n) is 2.76. The minimum absolute atomic E-state index is 0.0199. The molecule has 0 aliphatic carbocycles. The molecule has 0 unspecified atom stereocenters. The molecule has 0 aliphatic heterocycles. The van der Waals surface area contributed by atoms with Gasteiger partial charge in [-0.15, -0.1) is 0 Å². The van der Waals surface area contributed by atoms with Gasteiger partial charge < -0.3 is 4.90 Å². The number of sulfonamides is 1. The van der Waals surface area contributed by atoms with E-state index in [2.05, 4.69) is 9.43 Å². The molecule has 0 aliphatic rings. The zero-order valence-corrected chi connectivity index (χ0v) is 11.3. The highest BCUT2D eigenvalue weighted by Crippen LogP contribution is 2.30. The molecule has 0 spiro atoms. The van der Waals surface area contributed by atoms with Gasteiger partial charge in [0.15, 0.2) is 0 Å². The van der Waals surface area contributed by atoms with Crippen molar-refractivity contribution in [3.05, 3.63) is 46.8 Å². The predicted octanol–water partition coefficient (Wildman–Crippen LogP) is 2.90. The monoisotopic (exact) mass is 276 g/mol. The largest absolute Gasteiger partial charge is 0.377 e. The van der Waals surface area contributed by atoms with Crippen LogP contribution in [0.4, 0.5) is 5.69 Å². The summed E-state index contributed by atoms with van der Waals surface area (Å²) in [6, 6.07) is 10.3. The summed E-state index contributed by atoms with van der Waals surface area (Å²) in [6.45, 7) is 0. The molecular formula is C12H12N4O2S. The normalized spacial score (nSPS) is 11.1. The van der Waals surface area contributed by atoms with E-state index in [1.54, 1.807) is 18.2 Å². The Kier molecular flexibility index (Phi) is 3.33. The Bertz CT molecular complexity index is 777. The van der Waals surface area contributed by atoms with Crippen molar-refractivity contribution in [1.29, 1.82) is 0 Å². The third kappa shape index (κ3) is 2.33. The van der Waals surface area contributed by atoms with Crippen molar-refractivity contribution in [2.45, 2.75) is 4.90 Å². The Hall–Kier alpha value is -2.24. The van der Waals surface area contributed by atoms with E-state index in [1.807, 2.05) is 31.1 Å². The van der Waals surface area contributed by atoms with Gasteiger partial charge in [0.1, 0.15) is 0 Å². The zero-order valence-electron chi connectivity index (χ0n) is 10.5. The summed E-state index contributed by atoms with van der Waals surface area (Å²) in [5.41, 5.74) is 9.25. The Labute approximate surface area is 110 Å². The van der Waals surface area contributed by atoms with Gasteiger partial charge >= 0.3 is 0 Å². The average Bonchev–Trinajstić information content (AvgIpc) is 2.37. The first-order valence-corrected chi connectivity index (χ1v) is 6.92. The molecular weight excluding hydrogens is 264 g/mol. The van der Waals surface area contributed by atoms with E-state index < -0.39 is 10.0 Å². The molecule has 0 amide bonds. The molecule has 0 bridgehead atoms. The van der Waals surface area contributed by atoms with Crippen molar-refractivity contribution < 1.29 is 8.42 Å². The number of benzene rings is 2. The van der Waals surface area contributed by atoms with E-state index in [9.17, 15) is 8.42 Å². The van der Waals surface area contributed by atoms with Crippen molar-refractivity contribution in [2.24, 2.45) is 4.52 Å². The highest BCUT2D eigenvalue weighted by atomic mass is 32.2. The SMILES string of the molecule is CN(C)c1cccc2c(S(=O)(=O)N=[N+]=[N-])cccc12. The maximum absolute atomic E-state index is 11.9. The number of azide groups is 1. The van der Waals surface area contributed by atoms with Crippen LogP contribution in [0.25, 0.3) is 21.2 Å². The standard InChI is InChI=1S/C12H12N4O2S/c1-16(2)11-7-3-6-10-9(11)5-4-8-12(10)19(17,18)15-14-13/h3-8H,1-2H3. The Morgan fingerprint density at radius 1 is 1.11 bits per heavy atom. The van der Waals surface area contributed by atoms with Crippen molar-refractivity contribution in [3.63, 3.8) is 0 Å². The average molecular weight is 276 g/mol. The molecule has 98 valence electrons. The third-order valence-corrected chi connectivity index (χ3v) is 3.96. The molecule has 19 heavy (non-hydrogen) atoms. The number of anilines is 1. The van der Waals surface area contributed by atoms with Gasteiger partial charge in [0.25, 0.3) is 10.0 Å². The lowest BCUT2D eigenvalue weighted by Gasteiger charge is -2.16. The van der Waals surface area contributed by atoms with Crippen LogP contribution in [0.15, 0.2) is 45.8 Å². The molecule has 0 saturated carbocycles. The molecule has 2 aromatic carbocycles. The van der Waals surface area contributed by atoms with E-state index in [-0.39, 0.29) is 4.90 Å². The molecule has 0 saturated heterocycles. The first-order chi connectivity index (χ1) is 8.97. The van der Waals surface area contributed by atoms with E-state index in [1.165, 1.54) is 6.07 Å². The molecule has 2 rings (SSSR count). The van der Waals surface area contributed by atoms with Crippen LogP contribution in [0.3, 0.4) is 0 Å². The summed E-state index contributed by atoms with van der Waals surface area (Å²) >= 11 is 0. The summed E-state index contributed by atoms with van der Waals surface area (Å²) in [5.74, 6) is 0. The van der Waals surface area contributed by atoms with Crippen LogP contribution in [0.5, 0.6) is 0 Å². The second kappa shape index (κ2) is 4.79. The van der Waals surface area contributed by atoms with Gasteiger partial charge in [0, 0.05) is 40.0 Å². The topological polar surface area (TPSA) is 86.1 Å². The fourth-order valence-corrected chi connectivity index (χ4v) is 2.86. The van der Waals surface area contributed by atoms with Crippen LogP contribution < -0.4 is 4.90 Å². The van der Waals surface area contributed by atoms with Crippen molar-refractivity contribution in [2.75, 3.05) is 19.0 Å². The van der Waals surface area contributed by atoms with Gasteiger partial charge in [0.05, 0.1) is 4.90 Å². The van der Waals surface area contributed by atoms with E-state index in [4.69, 9.17) is 5.53 Å². The van der Waals surface area contributed by atoms with Crippen molar-refractivity contribution in [1.82, 2.24) is 0 Å². The fourth-order valence-electron chi connectivity index (χ4n) is 1.97. The number of hydrogen-bond donors (Lipinski definition) is 0. The lowest BCUT2D eigenvalue weighted by atomic mass is 10.1. The fraction of sp³-hybridized carbons (Fsp3) is 0.167. The lowest BCUT2D eigenvalue weighted by Crippen LogP contribution is -2.09. The van der Waals surface area contributed by atoms with Crippen LogP contribution >= 0.6 is 0 Å². The molecule has 0 heterocycles. The molecule has 0 aromatic heterocycles. The van der Waals surface area contributed by atoms with Gasteiger partial charge in [-0.25, -0.2) is 8.42 Å². The summed E-state index contributed by atoms with van der Waals surface area (Å²) < 4.78 is 26.7. The maximum atomic E-state index is 11.9. The molecule has 6 nitrogen and oxygen atoms in total. The second-order valence-corrected chi connectivity index (χ2v) is 5.72. The Balaban J connectivity index is 2.87. The van der Waals surface area contributed by atoms with E-state index >= 15 is 0 Å². The minimum atomic E-state index is -3.99. The van der Waals surface area contributed by atoms with Gasteiger partial charge in [-0.05, 0) is 17.7 Å². The number of rotatable bonds is 3. The Morgan fingerprint density at radius 2 is 1.74 bits per heavy atom. The van der Waals surface area contributed by atoms with Crippen LogP contribution in [-0.2, 0) is 10.0 Å². The molecule has 0 fully saturated rings. The summed E-state index contributed by atoms with van der Waals surface area (Å²) in [7, 11) is -0.233. The van der Waals surface area contributed by atoms with Crippen LogP contribution in [0.2, 0.25) is 0 Å². The van der Waals surface area contributed by atoms with Crippen LogP contribution in [0.1, 0.15) is 0 Å². The highest BCUT2D eigenvalue weighted by molar-refractivity contribution is 7.90. The van der Waals surface area contributed by atoms with E-state index in [0.29, 0.717) is 5.39 Å². The van der Waals surface area contributed by atoms with Crippen molar-refractivity contribution >= 4 is 26.5 Å². The van der Waals surface area contributed by atoms with Crippen LogP contribution in [-0.4, -0.2) is 22.5 Å². The highest BCUT2D eigenvalue weighted by Gasteiger charge is 2.16. The number of nitrogens with zero attached hydrogens (tertiary/aromatic N) is 4. The van der Waals surface area contributed by atoms with Gasteiger partial charge in [-0.3, -0.25) is 0 Å². The van der Waals surface area contributed by atoms with Crippen LogP contribution in [0, 0.1) is 0 Å². The maximum Gasteiger partial charge on any atom is 0.264 e. The zero-order chi connectivity index (χ0) is 14.0. The van der Waals surface area contributed by atoms with Gasteiger partial charge in [-0.2, -0.15) is 0 Å². The first-order valence-electron chi connectivity index (χ1n) is 5.48. The smallest absolute Gasteiger partial charge is 0.264 e. The van der Waals surface area contributed by atoms with Gasteiger partial charge in [0.2, 0.25) is 0 Å². The molecule has 7 heteroatoms. The lowest BCUT2D eigenvalue weighted by molar-refractivity contribution is 0.598. The molecule has 0 radical (unpaired) electrons. The number of fused-ring (bicyclic) bond motifs is 1. The second-order valence-electron chi connectivity index (χ2n) is 4.17. The first kappa shape index (κ1) is 13.2. The van der Waals surface area contributed by atoms with Crippen molar-refractivity contribution in [3.8, 4) is 0 Å². The summed E-state index contributed by atoms with van der Waals surface area (Å²) in [6.07, 6.45) is 0. The molecule has 0 atom stereocenters. The molecule has 2 aromatic rings. The Morgan fingerprint density at radius 3 is 2.37 bits per heavy atom. The van der Waals surface area contributed by atoms with E-state index in [0.717, 1.165) is 11.1 Å². The summed E-state index contributed by atoms with van der Waals surface area (Å²) in [4.78, 5) is 4.29. The number of hydrogen-bond acceptors (Lipinski definition) is 3. The predicted molar refractivity (Wildman–Crippen MR) is 74.6 cm³/mol. The van der Waals surface area contributed by atoms with Gasteiger partial charge in [-0.1, -0.05) is 24.3 Å². The quantitative estimate of drug-likeness (QED) is 0.490. The summed E-state index contributed by atoms with van der Waals surface area (Å²) in [5, 5.41) is 1.34. The minimum Gasteiger partial charge on any atom is -0.377 e. The molecule has 0 N–H and O–H groups in total.